The molecule has 3 N–H and O–H groups in total. The molecule has 0 aromatic rings. The molecular formula is C7H13N3O. The quantitative estimate of drug-likeness (QED) is 0.609. The Kier molecular flexibility index (Phi) is 2.12. The minimum absolute atomic E-state index is 0.0394. The predicted molar refractivity (Wildman–Crippen MR) is 43.4 cm³/mol. The van der Waals surface area contributed by atoms with Gasteiger partial charge < -0.3 is 11.1 Å². The van der Waals surface area contributed by atoms with E-state index in [1.54, 1.807) is 0 Å². The minimum atomic E-state index is -0.312. The predicted octanol–water partition coefficient (Wildman–Crippen LogP) is 0.482. The molecule has 0 saturated heterocycles. The summed E-state index contributed by atoms with van der Waals surface area (Å²) >= 11 is 0. The van der Waals surface area contributed by atoms with Crippen molar-refractivity contribution in [3.63, 3.8) is 0 Å². The minimum Gasteiger partial charge on any atom is -0.385 e. The molecule has 2 amide bonds. The van der Waals surface area contributed by atoms with Crippen LogP contribution in [0.3, 0.4) is 0 Å². The fraction of sp³-hybridized carbons (Fsp3) is 0.714. The van der Waals surface area contributed by atoms with E-state index in [0.29, 0.717) is 11.8 Å². The van der Waals surface area contributed by atoms with Crippen molar-refractivity contribution in [2.24, 2.45) is 16.6 Å². The molecule has 1 atom stereocenters. The van der Waals surface area contributed by atoms with Crippen molar-refractivity contribution in [2.75, 3.05) is 0 Å². The third-order valence-electron chi connectivity index (χ3n) is 1.59. The molecule has 1 aliphatic heterocycles. The molecule has 0 radical (unpaired) electrons. The van der Waals surface area contributed by atoms with E-state index in [0.717, 1.165) is 6.42 Å². The first-order valence-electron chi connectivity index (χ1n) is 3.74. The molecule has 0 aromatic heterocycles. The standard InChI is InChI=1S/C7H13N3O/c1-4(2)3-5-6(8)10-7(11)9-5/h4-5H,3H2,1-2H3,(H3,8,9,10,11). The largest absolute Gasteiger partial charge is 0.385 e. The van der Waals surface area contributed by atoms with Gasteiger partial charge in [0.15, 0.2) is 0 Å². The molecule has 1 heterocycles. The molecular weight excluding hydrogens is 142 g/mol. The molecule has 0 aromatic carbocycles. The van der Waals surface area contributed by atoms with Gasteiger partial charge >= 0.3 is 6.03 Å². The summed E-state index contributed by atoms with van der Waals surface area (Å²) in [6.45, 7) is 4.16. The van der Waals surface area contributed by atoms with E-state index in [2.05, 4.69) is 24.2 Å². The number of nitrogens with two attached hydrogens (primary N) is 1. The average Bonchev–Trinajstić information content (AvgIpc) is 2.09. The highest BCUT2D eigenvalue weighted by atomic mass is 16.2. The van der Waals surface area contributed by atoms with Crippen molar-refractivity contribution < 1.29 is 4.79 Å². The molecule has 0 bridgehead atoms. The molecule has 4 heteroatoms. The van der Waals surface area contributed by atoms with Crippen LogP contribution in [0, 0.1) is 5.92 Å². The van der Waals surface area contributed by atoms with E-state index in [-0.39, 0.29) is 12.1 Å². The normalized spacial score (nSPS) is 23.7. The number of hydrogen-bond acceptors (Lipinski definition) is 2. The number of hydrogen-bond donors (Lipinski definition) is 2. The van der Waals surface area contributed by atoms with Crippen LogP contribution in [0.15, 0.2) is 4.99 Å². The van der Waals surface area contributed by atoms with Gasteiger partial charge in [0.25, 0.3) is 0 Å². The molecule has 4 nitrogen and oxygen atoms in total. The second-order valence-electron chi connectivity index (χ2n) is 3.17. The van der Waals surface area contributed by atoms with E-state index in [1.165, 1.54) is 0 Å². The van der Waals surface area contributed by atoms with Crippen LogP contribution >= 0.6 is 0 Å². The van der Waals surface area contributed by atoms with Crippen LogP contribution in [0.1, 0.15) is 20.3 Å². The van der Waals surface area contributed by atoms with Gasteiger partial charge in [0.05, 0.1) is 6.04 Å². The number of amidine groups is 1. The first-order valence-corrected chi connectivity index (χ1v) is 3.74. The summed E-state index contributed by atoms with van der Waals surface area (Å²) in [5.41, 5.74) is 5.48. The molecule has 0 aliphatic carbocycles. The zero-order chi connectivity index (χ0) is 8.43. The summed E-state index contributed by atoms with van der Waals surface area (Å²) < 4.78 is 0. The Hall–Kier alpha value is -1.06. The molecule has 1 aliphatic rings. The fourth-order valence-electron chi connectivity index (χ4n) is 1.10. The van der Waals surface area contributed by atoms with E-state index in [9.17, 15) is 4.79 Å². The van der Waals surface area contributed by atoms with Crippen molar-refractivity contribution >= 4 is 11.9 Å². The highest BCUT2D eigenvalue weighted by molar-refractivity contribution is 6.02. The van der Waals surface area contributed by atoms with Crippen LogP contribution < -0.4 is 11.1 Å². The maximum Gasteiger partial charge on any atom is 0.343 e. The lowest BCUT2D eigenvalue weighted by Gasteiger charge is -2.11. The number of nitrogens with zero attached hydrogens (tertiary/aromatic N) is 1. The number of urea groups is 1. The third-order valence-corrected chi connectivity index (χ3v) is 1.59. The maximum atomic E-state index is 10.7. The Morgan fingerprint density at radius 2 is 2.36 bits per heavy atom. The van der Waals surface area contributed by atoms with Crippen molar-refractivity contribution in [1.29, 1.82) is 0 Å². The zero-order valence-corrected chi connectivity index (χ0v) is 6.79. The van der Waals surface area contributed by atoms with E-state index in [1.807, 2.05) is 0 Å². The van der Waals surface area contributed by atoms with Crippen molar-refractivity contribution in [3.8, 4) is 0 Å². The molecule has 1 unspecified atom stereocenters. The Morgan fingerprint density at radius 1 is 1.73 bits per heavy atom. The Balaban J connectivity index is 2.50. The fourth-order valence-corrected chi connectivity index (χ4v) is 1.10. The highest BCUT2D eigenvalue weighted by Crippen LogP contribution is 2.08. The van der Waals surface area contributed by atoms with Crippen LogP contribution in [0.5, 0.6) is 0 Å². The Morgan fingerprint density at radius 3 is 2.73 bits per heavy atom. The lowest BCUT2D eigenvalue weighted by atomic mass is 10.0. The number of nitrogens with one attached hydrogen (secondary N) is 1. The highest BCUT2D eigenvalue weighted by Gasteiger charge is 2.23. The van der Waals surface area contributed by atoms with Gasteiger partial charge in [-0.15, -0.1) is 0 Å². The number of carbonyl (C=O) groups is 1. The number of amides is 2. The Bertz CT molecular complexity index is 198. The summed E-state index contributed by atoms with van der Waals surface area (Å²) in [6.07, 6.45) is 0.862. The third kappa shape index (κ3) is 1.93. The van der Waals surface area contributed by atoms with E-state index in [4.69, 9.17) is 5.73 Å². The summed E-state index contributed by atoms with van der Waals surface area (Å²) in [6, 6.07) is -0.351. The monoisotopic (exact) mass is 155 g/mol. The van der Waals surface area contributed by atoms with Gasteiger partial charge in [-0.2, -0.15) is 4.99 Å². The van der Waals surface area contributed by atoms with Crippen LogP contribution in [0.4, 0.5) is 4.79 Å². The number of rotatable bonds is 2. The second-order valence-corrected chi connectivity index (χ2v) is 3.17. The van der Waals surface area contributed by atoms with Crippen molar-refractivity contribution in [1.82, 2.24) is 5.32 Å². The molecule has 11 heavy (non-hydrogen) atoms. The molecule has 62 valence electrons. The van der Waals surface area contributed by atoms with Gasteiger partial charge in [-0.3, -0.25) is 0 Å². The summed E-state index contributed by atoms with van der Waals surface area (Å²) in [5, 5.41) is 2.67. The van der Waals surface area contributed by atoms with Crippen LogP contribution in [0.25, 0.3) is 0 Å². The maximum absolute atomic E-state index is 10.7. The molecule has 0 spiro atoms. The topological polar surface area (TPSA) is 67.5 Å². The summed E-state index contributed by atoms with van der Waals surface area (Å²) in [4.78, 5) is 14.2. The second kappa shape index (κ2) is 2.90. The molecule has 0 fully saturated rings. The lowest BCUT2D eigenvalue weighted by Crippen LogP contribution is -2.37. The number of carbonyl (C=O) groups excluding carboxylic acids is 1. The van der Waals surface area contributed by atoms with Crippen LogP contribution in [-0.2, 0) is 0 Å². The Labute approximate surface area is 65.9 Å². The van der Waals surface area contributed by atoms with Gasteiger partial charge in [0.1, 0.15) is 5.84 Å². The van der Waals surface area contributed by atoms with E-state index >= 15 is 0 Å². The average molecular weight is 155 g/mol. The molecule has 0 saturated carbocycles. The van der Waals surface area contributed by atoms with Gasteiger partial charge in [0, 0.05) is 0 Å². The van der Waals surface area contributed by atoms with Crippen LogP contribution in [0.2, 0.25) is 0 Å². The van der Waals surface area contributed by atoms with Crippen molar-refractivity contribution in [3.05, 3.63) is 0 Å². The summed E-state index contributed by atoms with van der Waals surface area (Å²) in [5.74, 6) is 0.941. The first-order chi connectivity index (χ1) is 5.09. The van der Waals surface area contributed by atoms with Crippen molar-refractivity contribution in [2.45, 2.75) is 26.3 Å². The summed E-state index contributed by atoms with van der Waals surface area (Å²) in [7, 11) is 0. The van der Waals surface area contributed by atoms with Gasteiger partial charge in [-0.05, 0) is 12.3 Å². The zero-order valence-electron chi connectivity index (χ0n) is 6.79. The van der Waals surface area contributed by atoms with Gasteiger partial charge in [-0.25, -0.2) is 4.79 Å². The smallest absolute Gasteiger partial charge is 0.343 e. The van der Waals surface area contributed by atoms with E-state index < -0.39 is 0 Å². The number of aliphatic imine (C=N–C) groups is 1. The van der Waals surface area contributed by atoms with Gasteiger partial charge in [-0.1, -0.05) is 13.8 Å². The van der Waals surface area contributed by atoms with Crippen LogP contribution in [-0.4, -0.2) is 17.9 Å². The molecule has 1 rings (SSSR count). The lowest BCUT2D eigenvalue weighted by molar-refractivity contribution is 0.249. The first kappa shape index (κ1) is 8.04. The SMILES string of the molecule is CC(C)CC1NC(=O)N=C1N. The van der Waals surface area contributed by atoms with Gasteiger partial charge in [0.2, 0.25) is 0 Å².